The molecule has 0 spiro atoms. The Labute approximate surface area is 443 Å². The van der Waals surface area contributed by atoms with Gasteiger partial charge in [0, 0.05) is 82.6 Å². The summed E-state index contributed by atoms with van der Waals surface area (Å²) in [7, 11) is 2.21. The number of piperidine rings is 2. The van der Waals surface area contributed by atoms with Gasteiger partial charge in [0.1, 0.15) is 0 Å². The minimum absolute atomic E-state index is 0.285. The van der Waals surface area contributed by atoms with Gasteiger partial charge in [0.05, 0.1) is 6.61 Å². The summed E-state index contributed by atoms with van der Waals surface area (Å²) in [6.45, 7) is 65.9. The van der Waals surface area contributed by atoms with Crippen LogP contribution in [0.2, 0.25) is 0 Å². The maximum absolute atomic E-state index is 5.49. The van der Waals surface area contributed by atoms with E-state index in [0.29, 0.717) is 39.8 Å². The van der Waals surface area contributed by atoms with Crippen LogP contribution in [0.1, 0.15) is 289 Å². The molecule has 70 heavy (non-hydrogen) atoms. The molecule has 0 aromatic rings. The van der Waals surface area contributed by atoms with Crippen LogP contribution in [-0.2, 0) is 4.74 Å². The highest BCUT2D eigenvalue weighted by Gasteiger charge is 2.32. The van der Waals surface area contributed by atoms with E-state index in [1.165, 1.54) is 148 Å². The third-order valence-electron chi connectivity index (χ3n) is 16.3. The molecule has 6 atom stereocenters. The smallest absolute Gasteiger partial charge is 0.0619 e. The van der Waals surface area contributed by atoms with Crippen molar-refractivity contribution in [2.45, 2.75) is 358 Å². The van der Waals surface area contributed by atoms with Crippen molar-refractivity contribution in [3.05, 3.63) is 0 Å². The first-order chi connectivity index (χ1) is 32.0. The minimum Gasteiger partial charge on any atom is -0.380 e. The number of hydrogen-bond acceptors (Lipinski definition) is 7. The predicted octanol–water partition coefficient (Wildman–Crippen LogP) is 16.6. The van der Waals surface area contributed by atoms with Crippen LogP contribution in [0.25, 0.3) is 0 Å². The summed E-state index contributed by atoms with van der Waals surface area (Å²) in [6, 6.07) is 4.48. The number of likely N-dealkylation sites (tertiary alicyclic amines) is 4. The molecule has 0 aromatic carbocycles. The Morgan fingerprint density at radius 3 is 1.07 bits per heavy atom. The molecule has 0 N–H and O–H groups in total. The van der Waals surface area contributed by atoms with Gasteiger partial charge in [-0.1, -0.05) is 58.8 Å². The van der Waals surface area contributed by atoms with E-state index < -0.39 is 0 Å². The van der Waals surface area contributed by atoms with Crippen molar-refractivity contribution in [1.29, 1.82) is 0 Å². The molecule has 0 aromatic heterocycles. The summed E-state index contributed by atoms with van der Waals surface area (Å²) in [5.41, 5.74) is 2.08. The lowest BCUT2D eigenvalue weighted by atomic mass is 9.93. The molecule has 5 fully saturated rings. The van der Waals surface area contributed by atoms with E-state index in [2.05, 4.69) is 210 Å². The van der Waals surface area contributed by atoms with Crippen LogP contribution >= 0.6 is 0 Å². The predicted molar refractivity (Wildman–Crippen MR) is 316 cm³/mol. The molecule has 7 heteroatoms. The van der Waals surface area contributed by atoms with Crippen molar-refractivity contribution in [2.75, 3.05) is 53.0 Å². The highest BCUT2D eigenvalue weighted by Crippen LogP contribution is 2.29. The fraction of sp³-hybridized carbons (Fsp3) is 1.00. The zero-order chi connectivity index (χ0) is 54.3. The van der Waals surface area contributed by atoms with Crippen molar-refractivity contribution in [3.63, 3.8) is 0 Å². The third kappa shape index (κ3) is 28.6. The molecule has 0 saturated carbocycles. The van der Waals surface area contributed by atoms with Crippen LogP contribution in [0.15, 0.2) is 0 Å². The maximum atomic E-state index is 5.49. The highest BCUT2D eigenvalue weighted by molar-refractivity contribution is 4.87. The molecule has 5 heterocycles. The second-order valence-electron chi connectivity index (χ2n) is 28.8. The van der Waals surface area contributed by atoms with Crippen molar-refractivity contribution >= 4 is 0 Å². The summed E-state index contributed by atoms with van der Waals surface area (Å²) in [5, 5.41) is 0. The van der Waals surface area contributed by atoms with Gasteiger partial charge >= 0.3 is 0 Å². The molecule has 0 bridgehead atoms. The summed E-state index contributed by atoms with van der Waals surface area (Å²) in [5.74, 6) is 0. The Morgan fingerprint density at radius 1 is 0.429 bits per heavy atom. The van der Waals surface area contributed by atoms with Gasteiger partial charge in [-0.3, -0.25) is 29.4 Å². The number of ether oxygens (including phenoxy) is 1. The molecule has 0 aliphatic carbocycles. The summed E-state index contributed by atoms with van der Waals surface area (Å²) < 4.78 is 5.49. The first kappa shape index (κ1) is 69.7. The second-order valence-corrected chi connectivity index (χ2v) is 28.8. The minimum atomic E-state index is 0.285. The lowest BCUT2D eigenvalue weighted by Gasteiger charge is -2.44. The van der Waals surface area contributed by atoms with Gasteiger partial charge < -0.3 is 4.74 Å². The van der Waals surface area contributed by atoms with Gasteiger partial charge in [0.2, 0.25) is 0 Å². The molecule has 5 rings (SSSR count). The molecule has 5 aliphatic rings. The molecule has 0 radical (unpaired) electrons. The average Bonchev–Trinajstić information content (AvgIpc) is 3.71. The first-order valence-corrected chi connectivity index (χ1v) is 30.2. The van der Waals surface area contributed by atoms with Crippen molar-refractivity contribution in [3.8, 4) is 0 Å². The monoisotopic (exact) mass is 991 g/mol. The second kappa shape index (κ2) is 33.0. The van der Waals surface area contributed by atoms with Crippen LogP contribution in [0.4, 0.5) is 0 Å². The summed E-state index contributed by atoms with van der Waals surface area (Å²) >= 11 is 0. The van der Waals surface area contributed by atoms with Crippen LogP contribution in [0.5, 0.6) is 0 Å². The van der Waals surface area contributed by atoms with E-state index in [-0.39, 0.29) is 5.54 Å². The van der Waals surface area contributed by atoms with Crippen LogP contribution in [0, 0.1) is 0 Å². The molecule has 422 valence electrons. The third-order valence-corrected chi connectivity index (χ3v) is 16.3. The van der Waals surface area contributed by atoms with E-state index in [1.807, 2.05) is 0 Å². The fourth-order valence-electron chi connectivity index (χ4n) is 12.1. The lowest BCUT2D eigenvalue weighted by Crippen LogP contribution is -2.50. The van der Waals surface area contributed by atoms with Crippen LogP contribution < -0.4 is 0 Å². The molecule has 5 saturated heterocycles. The van der Waals surface area contributed by atoms with Gasteiger partial charge in [-0.2, -0.15) is 0 Å². The van der Waals surface area contributed by atoms with E-state index in [1.54, 1.807) is 0 Å². The summed E-state index contributed by atoms with van der Waals surface area (Å²) in [4.78, 5) is 15.6. The number of nitrogens with zero attached hydrogens (tertiary/aromatic N) is 6. The van der Waals surface area contributed by atoms with Gasteiger partial charge in [-0.05, 0) is 263 Å². The Bertz CT molecular complexity index is 1170. The van der Waals surface area contributed by atoms with Crippen molar-refractivity contribution < 1.29 is 4.74 Å². The molecule has 0 amide bonds. The van der Waals surface area contributed by atoms with Crippen LogP contribution in [0.3, 0.4) is 0 Å². The van der Waals surface area contributed by atoms with Crippen molar-refractivity contribution in [2.24, 2.45) is 0 Å². The van der Waals surface area contributed by atoms with Gasteiger partial charge in [0.25, 0.3) is 0 Å². The summed E-state index contributed by atoms with van der Waals surface area (Å²) in [6.07, 6.45) is 24.8. The van der Waals surface area contributed by atoms with E-state index >= 15 is 0 Å². The standard InChI is InChI=1S/3C11H23N.C10H21NO.C10H21N.C10H23N/c2*1-10-8-6-5-7-9-12(10)11(2,3)4;1-5-10-8-6-7-9-12(10)11(2,3)4;1-9-8-12-7-5-6-11(9)10(2,3)4;1-9-7-5-6-8-11(9)10(2,3)4;1-7-8-9(2)11(6)10(3,4)5/h3*10H,5-9H2,1-4H3;9H,5-8H2,1-4H3;9H,5-8H2,1-4H3;9H,7-8H2,1-6H3/t10-;;;;9-;/m0...1./s1. The Balaban J connectivity index is 0.000000817. The molecule has 7 nitrogen and oxygen atoms in total. The Hall–Kier alpha value is -0.280. The van der Waals surface area contributed by atoms with Gasteiger partial charge in [-0.15, -0.1) is 0 Å². The Morgan fingerprint density at radius 2 is 0.743 bits per heavy atom. The zero-order valence-corrected chi connectivity index (χ0v) is 53.2. The van der Waals surface area contributed by atoms with E-state index in [9.17, 15) is 0 Å². The maximum Gasteiger partial charge on any atom is 0.0619 e. The van der Waals surface area contributed by atoms with Gasteiger partial charge in [-0.25, -0.2) is 0 Å². The molecule has 4 unspecified atom stereocenters. The fourth-order valence-corrected chi connectivity index (χ4v) is 12.1. The topological polar surface area (TPSA) is 28.7 Å². The van der Waals surface area contributed by atoms with Crippen molar-refractivity contribution in [1.82, 2.24) is 29.4 Å². The van der Waals surface area contributed by atoms with Crippen LogP contribution in [-0.4, -0.2) is 152 Å². The van der Waals surface area contributed by atoms with Gasteiger partial charge in [0.15, 0.2) is 0 Å². The van der Waals surface area contributed by atoms with E-state index in [0.717, 1.165) is 37.4 Å². The zero-order valence-electron chi connectivity index (χ0n) is 53.2. The average molecular weight is 992 g/mol. The molecular weight excluding hydrogens is 857 g/mol. The number of rotatable bonds is 4. The SMILES string of the molecule is CC1CCCCCN1C(C)(C)C.CC1COCCCN1C(C)(C)C.CCC1CCCCN1C(C)(C)C.CCCC(C)N(C)C(C)(C)C.C[C@@H]1CCCCN1C(C)(C)C.C[C@H]1CCCCCN1C(C)(C)C. The highest BCUT2D eigenvalue weighted by atomic mass is 16.5. The quantitative estimate of drug-likeness (QED) is 0.277. The molecular formula is C63H134N6O. The number of hydrogen-bond donors (Lipinski definition) is 0. The lowest BCUT2D eigenvalue weighted by molar-refractivity contribution is 0.0496. The first-order valence-electron chi connectivity index (χ1n) is 30.2. The largest absolute Gasteiger partial charge is 0.380 e. The normalized spacial score (nSPS) is 26.4. The Kier molecular flexibility index (Phi) is 32.9. The molecule has 5 aliphatic heterocycles. The van der Waals surface area contributed by atoms with E-state index in [4.69, 9.17) is 4.74 Å².